The van der Waals surface area contributed by atoms with Crippen molar-refractivity contribution in [2.75, 3.05) is 13.2 Å². The molecule has 1 aliphatic heterocycles. The minimum Gasteiger partial charge on any atom is -0.492 e. The Labute approximate surface area is 214 Å². The lowest BCUT2D eigenvalue weighted by Gasteiger charge is -2.27. The first-order valence-electron chi connectivity index (χ1n) is 12.6. The number of rotatable bonds is 8. The van der Waals surface area contributed by atoms with Crippen LogP contribution in [0.15, 0.2) is 59.3 Å². The van der Waals surface area contributed by atoms with Crippen LogP contribution in [0.2, 0.25) is 0 Å². The summed E-state index contributed by atoms with van der Waals surface area (Å²) in [6.45, 7) is 4.97. The highest BCUT2D eigenvalue weighted by Gasteiger charge is 2.47. The molecule has 0 bridgehead atoms. The van der Waals surface area contributed by atoms with Crippen LogP contribution in [0.4, 0.5) is 0 Å². The number of Topliss-reactive ketones (excluding diaryl/α,β-unsaturated/α-hetero) is 1. The van der Waals surface area contributed by atoms with Crippen molar-refractivity contribution in [1.29, 1.82) is 0 Å². The largest absolute Gasteiger partial charge is 0.492 e. The Hall–Kier alpha value is -4.04. The van der Waals surface area contributed by atoms with E-state index in [0.717, 1.165) is 53.4 Å². The third-order valence-electron chi connectivity index (χ3n) is 7.26. The van der Waals surface area contributed by atoms with Crippen LogP contribution >= 0.6 is 0 Å². The van der Waals surface area contributed by atoms with Crippen LogP contribution in [0.1, 0.15) is 58.4 Å². The summed E-state index contributed by atoms with van der Waals surface area (Å²) in [4.78, 5) is 33.9. The maximum atomic E-state index is 13.6. The van der Waals surface area contributed by atoms with Gasteiger partial charge in [0.1, 0.15) is 12.4 Å². The van der Waals surface area contributed by atoms with Gasteiger partial charge in [-0.05, 0) is 74.2 Å². The summed E-state index contributed by atoms with van der Waals surface area (Å²) in [5.74, 6) is 0.878. The molecule has 2 N–H and O–H groups in total. The summed E-state index contributed by atoms with van der Waals surface area (Å²) < 4.78 is 11.6. The molecule has 1 saturated carbocycles. The van der Waals surface area contributed by atoms with E-state index in [4.69, 9.17) is 9.15 Å². The van der Waals surface area contributed by atoms with Gasteiger partial charge in [0.15, 0.2) is 5.76 Å². The smallest absolute Gasteiger partial charge is 0.263 e. The van der Waals surface area contributed by atoms with Gasteiger partial charge in [-0.1, -0.05) is 12.1 Å². The molecule has 2 fully saturated rings. The zero-order chi connectivity index (χ0) is 25.6. The molecule has 2 aromatic heterocycles. The maximum Gasteiger partial charge on any atom is 0.263 e. The molecular formula is C29H28N4O4. The van der Waals surface area contributed by atoms with Crippen LogP contribution in [0.5, 0.6) is 5.75 Å². The van der Waals surface area contributed by atoms with Crippen LogP contribution in [-0.2, 0) is 5.54 Å². The third kappa shape index (κ3) is 4.49. The molecule has 2 aliphatic rings. The molecule has 2 aromatic carbocycles. The van der Waals surface area contributed by atoms with E-state index in [1.807, 2.05) is 49.4 Å². The predicted octanol–water partition coefficient (Wildman–Crippen LogP) is 4.56. The van der Waals surface area contributed by atoms with Crippen molar-refractivity contribution >= 4 is 22.6 Å². The summed E-state index contributed by atoms with van der Waals surface area (Å²) >= 11 is 0. The molecule has 1 saturated heterocycles. The number of ether oxygens (including phenoxy) is 1. The van der Waals surface area contributed by atoms with Crippen molar-refractivity contribution in [3.8, 4) is 17.1 Å². The van der Waals surface area contributed by atoms with Gasteiger partial charge in [-0.3, -0.25) is 14.6 Å². The Morgan fingerprint density at radius 2 is 2.03 bits per heavy atom. The number of pyridine rings is 1. The lowest BCUT2D eigenvalue weighted by Crippen LogP contribution is -2.46. The lowest BCUT2D eigenvalue weighted by molar-refractivity contribution is 0.0928. The van der Waals surface area contributed by atoms with Gasteiger partial charge < -0.3 is 19.8 Å². The highest BCUT2D eigenvalue weighted by Crippen LogP contribution is 2.49. The van der Waals surface area contributed by atoms with E-state index in [1.54, 1.807) is 12.4 Å². The molecule has 4 aromatic rings. The zero-order valence-corrected chi connectivity index (χ0v) is 20.8. The molecule has 0 radical (unpaired) electrons. The fourth-order valence-electron chi connectivity index (χ4n) is 4.79. The number of hydrogen-bond acceptors (Lipinski definition) is 7. The number of oxazole rings is 1. The topological polar surface area (TPSA) is 106 Å². The molecule has 8 heteroatoms. The average molecular weight is 497 g/mol. The van der Waals surface area contributed by atoms with Crippen molar-refractivity contribution in [1.82, 2.24) is 20.6 Å². The van der Waals surface area contributed by atoms with E-state index in [2.05, 4.69) is 20.6 Å². The number of carbonyl (C=O) groups is 2. The molecule has 1 amide bonds. The van der Waals surface area contributed by atoms with Crippen molar-refractivity contribution in [3.05, 3.63) is 77.4 Å². The van der Waals surface area contributed by atoms with Crippen LogP contribution in [0.25, 0.3) is 22.2 Å². The molecule has 0 spiro atoms. The lowest BCUT2D eigenvalue weighted by atomic mass is 9.95. The monoisotopic (exact) mass is 496 g/mol. The number of nitrogens with one attached hydrogen (secondary N) is 2. The first-order valence-corrected chi connectivity index (χ1v) is 12.6. The molecule has 1 aliphatic carbocycles. The number of ketones is 1. The quantitative estimate of drug-likeness (QED) is 0.345. The molecule has 188 valence electrons. The van der Waals surface area contributed by atoms with E-state index < -0.39 is 5.54 Å². The van der Waals surface area contributed by atoms with Gasteiger partial charge in [0.05, 0.1) is 17.3 Å². The number of amides is 1. The molecule has 8 nitrogen and oxygen atoms in total. The number of carbonyl (C=O) groups excluding carboxylic acids is 2. The van der Waals surface area contributed by atoms with Gasteiger partial charge in [0, 0.05) is 35.7 Å². The number of benzene rings is 2. The first kappa shape index (κ1) is 23.4. The van der Waals surface area contributed by atoms with Crippen LogP contribution in [0.3, 0.4) is 0 Å². The summed E-state index contributed by atoms with van der Waals surface area (Å²) in [6.07, 6.45) is 6.02. The highest BCUT2D eigenvalue weighted by atomic mass is 16.5. The minimum absolute atomic E-state index is 0.0674. The average Bonchev–Trinajstić information content (AvgIpc) is 3.46. The Morgan fingerprint density at radius 1 is 1.19 bits per heavy atom. The van der Waals surface area contributed by atoms with Gasteiger partial charge >= 0.3 is 0 Å². The fourth-order valence-corrected chi connectivity index (χ4v) is 4.79. The zero-order valence-electron chi connectivity index (χ0n) is 20.8. The van der Waals surface area contributed by atoms with E-state index in [9.17, 15) is 9.59 Å². The Balaban J connectivity index is 1.32. The standard InChI is InChI=1S/C29H28N4O4/c1-17-5-6-21(36-16-20-7-11-30-20)14-23(17)27(35)33-29(8-9-29)24-12-19(13-25-22(24)4-3-10-31-25)26-15-32-28(37-26)18(2)34/h3-6,10,12-15,20,30H,7-9,11,16H2,1-2H3,(H,33,35)/t20-/m0/s1. The number of aryl methyl sites for hydroxylation is 1. The summed E-state index contributed by atoms with van der Waals surface area (Å²) in [7, 11) is 0. The van der Waals surface area contributed by atoms with Crippen LogP contribution < -0.4 is 15.4 Å². The first-order chi connectivity index (χ1) is 17.9. The molecule has 6 rings (SSSR count). The predicted molar refractivity (Wildman–Crippen MR) is 139 cm³/mol. The number of fused-ring (bicyclic) bond motifs is 1. The van der Waals surface area contributed by atoms with Gasteiger partial charge in [-0.25, -0.2) is 4.98 Å². The Kier molecular flexibility index (Phi) is 5.76. The second-order valence-electron chi connectivity index (χ2n) is 9.94. The normalized spacial score (nSPS) is 17.7. The summed E-state index contributed by atoms with van der Waals surface area (Å²) in [5, 5.41) is 7.61. The molecule has 3 heterocycles. The van der Waals surface area contributed by atoms with Gasteiger partial charge in [0.2, 0.25) is 5.78 Å². The Bertz CT molecular complexity index is 1520. The minimum atomic E-state index is -0.517. The fraction of sp³-hybridized carbons (Fsp3) is 0.310. The number of aromatic nitrogens is 2. The van der Waals surface area contributed by atoms with E-state index in [-0.39, 0.29) is 17.6 Å². The highest BCUT2D eigenvalue weighted by molar-refractivity contribution is 5.98. The summed E-state index contributed by atoms with van der Waals surface area (Å²) in [5.41, 5.74) is 3.50. The van der Waals surface area contributed by atoms with E-state index in [1.165, 1.54) is 6.92 Å². The molecular weight excluding hydrogens is 468 g/mol. The van der Waals surface area contributed by atoms with Gasteiger partial charge in [-0.2, -0.15) is 0 Å². The summed E-state index contributed by atoms with van der Waals surface area (Å²) in [6, 6.07) is 13.9. The second-order valence-corrected chi connectivity index (χ2v) is 9.94. The Morgan fingerprint density at radius 3 is 2.73 bits per heavy atom. The second kappa shape index (κ2) is 9.12. The van der Waals surface area contributed by atoms with Crippen LogP contribution in [0, 0.1) is 6.92 Å². The molecule has 1 atom stereocenters. The van der Waals surface area contributed by atoms with E-state index in [0.29, 0.717) is 29.7 Å². The number of nitrogens with zero attached hydrogens (tertiary/aromatic N) is 2. The van der Waals surface area contributed by atoms with Crippen molar-refractivity contribution in [2.24, 2.45) is 0 Å². The SMILES string of the molecule is CC(=O)c1ncc(-c2cc(C3(NC(=O)c4cc(OC[C@@H]5CCN5)ccc4C)CC3)c3cccnc3c2)o1. The molecule has 0 unspecified atom stereocenters. The molecule has 37 heavy (non-hydrogen) atoms. The van der Waals surface area contributed by atoms with Crippen LogP contribution in [-0.4, -0.2) is 40.9 Å². The van der Waals surface area contributed by atoms with Crippen molar-refractivity contribution in [2.45, 2.75) is 44.7 Å². The van der Waals surface area contributed by atoms with Crippen molar-refractivity contribution < 1.29 is 18.7 Å². The van der Waals surface area contributed by atoms with E-state index >= 15 is 0 Å². The van der Waals surface area contributed by atoms with Crippen molar-refractivity contribution in [3.63, 3.8) is 0 Å². The number of hydrogen-bond donors (Lipinski definition) is 2. The van der Waals surface area contributed by atoms with Gasteiger partial charge in [0.25, 0.3) is 11.8 Å². The maximum absolute atomic E-state index is 13.6. The van der Waals surface area contributed by atoms with Gasteiger partial charge in [-0.15, -0.1) is 0 Å². The third-order valence-corrected chi connectivity index (χ3v) is 7.26.